The van der Waals surface area contributed by atoms with Gasteiger partial charge in [0, 0.05) is 14.1 Å². The van der Waals surface area contributed by atoms with Crippen LogP contribution in [-0.2, 0) is 20.7 Å². The van der Waals surface area contributed by atoms with Crippen LogP contribution in [0.15, 0.2) is 24.3 Å². The Balaban J connectivity index is 2.47. The minimum atomic E-state index is -0.459. The van der Waals surface area contributed by atoms with E-state index in [1.165, 1.54) is 17.0 Å². The molecule has 0 N–H and O–H groups in total. The van der Waals surface area contributed by atoms with Gasteiger partial charge in [-0.05, 0) is 24.1 Å². The minimum Gasteiger partial charge on any atom is -0.455 e. The van der Waals surface area contributed by atoms with Crippen LogP contribution in [0.2, 0.25) is 0 Å². The molecule has 0 radical (unpaired) electrons. The van der Waals surface area contributed by atoms with Crippen LogP contribution < -0.4 is 0 Å². The lowest BCUT2D eigenvalue weighted by Crippen LogP contribution is -2.29. The van der Waals surface area contributed by atoms with Crippen LogP contribution in [0.5, 0.6) is 0 Å². The molecule has 0 bridgehead atoms. The number of halogens is 1. The van der Waals surface area contributed by atoms with Crippen LogP contribution in [0.3, 0.4) is 0 Å². The fourth-order valence-electron chi connectivity index (χ4n) is 1.51. The number of hydrogen-bond acceptors (Lipinski definition) is 3. The van der Waals surface area contributed by atoms with E-state index in [0.29, 0.717) is 6.42 Å². The molecule has 0 saturated heterocycles. The molecule has 0 saturated carbocycles. The molecule has 104 valence electrons. The Hall–Kier alpha value is -1.91. The van der Waals surface area contributed by atoms with E-state index in [9.17, 15) is 14.0 Å². The second-order valence-electron chi connectivity index (χ2n) is 4.63. The van der Waals surface area contributed by atoms with Gasteiger partial charge >= 0.3 is 5.97 Å². The highest BCUT2D eigenvalue weighted by Crippen LogP contribution is 2.11. The maximum Gasteiger partial charge on any atom is 0.309 e. The number of hydrogen-bond donors (Lipinski definition) is 0. The molecule has 1 atom stereocenters. The van der Waals surface area contributed by atoms with E-state index in [1.54, 1.807) is 33.2 Å². The Morgan fingerprint density at radius 1 is 1.37 bits per heavy atom. The summed E-state index contributed by atoms with van der Waals surface area (Å²) in [4.78, 5) is 24.3. The highest BCUT2D eigenvalue weighted by molar-refractivity contribution is 5.80. The zero-order chi connectivity index (χ0) is 14.4. The SMILES string of the molecule is CC(Cc1cccc(F)c1)C(=O)OCC(=O)N(C)C. The van der Waals surface area contributed by atoms with Gasteiger partial charge in [0.15, 0.2) is 6.61 Å². The molecule has 1 unspecified atom stereocenters. The summed E-state index contributed by atoms with van der Waals surface area (Å²) < 4.78 is 17.9. The summed E-state index contributed by atoms with van der Waals surface area (Å²) in [6.45, 7) is 1.42. The molecular formula is C14H18FNO3. The van der Waals surface area contributed by atoms with Gasteiger partial charge in [0.25, 0.3) is 5.91 Å². The summed E-state index contributed by atoms with van der Waals surface area (Å²) in [6, 6.07) is 6.08. The van der Waals surface area contributed by atoms with E-state index < -0.39 is 11.9 Å². The molecule has 19 heavy (non-hydrogen) atoms. The highest BCUT2D eigenvalue weighted by atomic mass is 19.1. The van der Waals surface area contributed by atoms with Crippen molar-refractivity contribution in [1.29, 1.82) is 0 Å². The van der Waals surface area contributed by atoms with Gasteiger partial charge in [-0.2, -0.15) is 0 Å². The fourth-order valence-corrected chi connectivity index (χ4v) is 1.51. The van der Waals surface area contributed by atoms with Gasteiger partial charge in [-0.25, -0.2) is 4.39 Å². The minimum absolute atomic E-state index is 0.265. The highest BCUT2D eigenvalue weighted by Gasteiger charge is 2.17. The van der Waals surface area contributed by atoms with Crippen LogP contribution in [0.1, 0.15) is 12.5 Å². The molecule has 1 aromatic carbocycles. The number of carbonyl (C=O) groups excluding carboxylic acids is 2. The molecule has 0 aliphatic carbocycles. The number of nitrogens with zero attached hydrogens (tertiary/aromatic N) is 1. The Kier molecular flexibility index (Phi) is 5.48. The van der Waals surface area contributed by atoms with Crippen molar-refractivity contribution in [1.82, 2.24) is 4.90 Å². The first-order valence-electron chi connectivity index (χ1n) is 6.01. The van der Waals surface area contributed by atoms with E-state index in [-0.39, 0.29) is 18.3 Å². The topological polar surface area (TPSA) is 46.6 Å². The zero-order valence-corrected chi connectivity index (χ0v) is 11.4. The summed E-state index contributed by atoms with van der Waals surface area (Å²) in [6.07, 6.45) is 0.382. The van der Waals surface area contributed by atoms with Crippen molar-refractivity contribution in [3.05, 3.63) is 35.6 Å². The van der Waals surface area contributed by atoms with E-state index >= 15 is 0 Å². The van der Waals surface area contributed by atoms with Crippen molar-refractivity contribution in [2.75, 3.05) is 20.7 Å². The van der Waals surface area contributed by atoms with E-state index in [0.717, 1.165) is 5.56 Å². The second kappa shape index (κ2) is 6.87. The Bertz CT molecular complexity index is 460. The van der Waals surface area contributed by atoms with Gasteiger partial charge < -0.3 is 9.64 Å². The van der Waals surface area contributed by atoms with Crippen LogP contribution in [0.25, 0.3) is 0 Å². The molecule has 5 heteroatoms. The predicted molar refractivity (Wildman–Crippen MR) is 68.9 cm³/mol. The lowest BCUT2D eigenvalue weighted by Gasteiger charge is -2.13. The number of likely N-dealkylation sites (N-methyl/N-ethyl adjacent to an activating group) is 1. The fraction of sp³-hybridized carbons (Fsp3) is 0.429. The number of esters is 1. The first-order chi connectivity index (χ1) is 8.90. The molecule has 0 aliphatic rings. The van der Waals surface area contributed by atoms with Gasteiger partial charge in [0.1, 0.15) is 5.82 Å². The van der Waals surface area contributed by atoms with Crippen LogP contribution in [0.4, 0.5) is 4.39 Å². The molecule has 0 spiro atoms. The maximum absolute atomic E-state index is 13.0. The van der Waals surface area contributed by atoms with Crippen molar-refractivity contribution < 1.29 is 18.7 Å². The maximum atomic E-state index is 13.0. The second-order valence-corrected chi connectivity index (χ2v) is 4.63. The summed E-state index contributed by atoms with van der Waals surface area (Å²) in [5.41, 5.74) is 0.725. The Morgan fingerprint density at radius 3 is 2.63 bits per heavy atom. The summed E-state index contributed by atoms with van der Waals surface area (Å²) in [7, 11) is 3.18. The summed E-state index contributed by atoms with van der Waals surface area (Å²) in [5, 5.41) is 0. The standard InChI is InChI=1S/C14H18FNO3/c1-10(7-11-5-4-6-12(15)8-11)14(18)19-9-13(17)16(2)3/h4-6,8,10H,7,9H2,1-3H3. The van der Waals surface area contributed by atoms with E-state index in [1.807, 2.05) is 0 Å². The van der Waals surface area contributed by atoms with E-state index in [4.69, 9.17) is 4.74 Å². The Morgan fingerprint density at radius 2 is 2.05 bits per heavy atom. The van der Waals surface area contributed by atoms with E-state index in [2.05, 4.69) is 0 Å². The lowest BCUT2D eigenvalue weighted by atomic mass is 10.0. The number of rotatable bonds is 5. The van der Waals surface area contributed by atoms with Crippen LogP contribution >= 0.6 is 0 Å². The van der Waals surface area contributed by atoms with Crippen molar-refractivity contribution in [2.45, 2.75) is 13.3 Å². The molecule has 1 aromatic rings. The van der Waals surface area contributed by atoms with Gasteiger partial charge in [-0.3, -0.25) is 9.59 Å². The zero-order valence-electron chi connectivity index (χ0n) is 11.4. The largest absolute Gasteiger partial charge is 0.455 e. The monoisotopic (exact) mass is 267 g/mol. The number of carbonyl (C=O) groups is 2. The third-order valence-electron chi connectivity index (χ3n) is 2.67. The first kappa shape index (κ1) is 15.1. The lowest BCUT2D eigenvalue weighted by molar-refractivity contribution is -0.154. The molecule has 4 nitrogen and oxygen atoms in total. The molecule has 0 aromatic heterocycles. The molecule has 1 amide bonds. The average Bonchev–Trinajstić information content (AvgIpc) is 2.35. The third kappa shape index (κ3) is 5.07. The normalized spacial score (nSPS) is 11.8. The predicted octanol–water partition coefficient (Wildman–Crippen LogP) is 1.64. The van der Waals surface area contributed by atoms with Crippen molar-refractivity contribution >= 4 is 11.9 Å². The van der Waals surface area contributed by atoms with Gasteiger partial charge in [-0.15, -0.1) is 0 Å². The molecular weight excluding hydrogens is 249 g/mol. The van der Waals surface area contributed by atoms with Gasteiger partial charge in [0.05, 0.1) is 5.92 Å². The summed E-state index contributed by atoms with van der Waals surface area (Å²) >= 11 is 0. The number of benzene rings is 1. The molecule has 0 fully saturated rings. The average molecular weight is 267 g/mol. The molecule has 1 rings (SSSR count). The van der Waals surface area contributed by atoms with Crippen LogP contribution in [0, 0.1) is 11.7 Å². The van der Waals surface area contributed by atoms with Crippen molar-refractivity contribution in [3.8, 4) is 0 Å². The van der Waals surface area contributed by atoms with Crippen molar-refractivity contribution in [3.63, 3.8) is 0 Å². The van der Waals surface area contributed by atoms with Crippen molar-refractivity contribution in [2.24, 2.45) is 5.92 Å². The first-order valence-corrected chi connectivity index (χ1v) is 6.01. The van der Waals surface area contributed by atoms with Gasteiger partial charge in [0.2, 0.25) is 0 Å². The smallest absolute Gasteiger partial charge is 0.309 e. The summed E-state index contributed by atoms with van der Waals surface area (Å²) in [5.74, 6) is -1.48. The molecule has 0 aliphatic heterocycles. The van der Waals surface area contributed by atoms with Gasteiger partial charge in [-0.1, -0.05) is 19.1 Å². The Labute approximate surface area is 112 Å². The number of ether oxygens (including phenoxy) is 1. The molecule has 0 heterocycles. The number of amides is 1. The third-order valence-corrected chi connectivity index (χ3v) is 2.67. The van der Waals surface area contributed by atoms with Crippen LogP contribution in [-0.4, -0.2) is 37.5 Å². The quantitative estimate of drug-likeness (QED) is 0.762.